The molecule has 1 N–H and O–H groups in total. The molecule has 0 aliphatic carbocycles. The Balaban J connectivity index is 2.09. The molecule has 10 heteroatoms. The van der Waals surface area contributed by atoms with Crippen molar-refractivity contribution in [2.24, 2.45) is 5.92 Å². The molecule has 2 aliphatic heterocycles. The molecule has 0 spiro atoms. The molecule has 2 aliphatic rings. The van der Waals surface area contributed by atoms with Gasteiger partial charge < -0.3 is 4.74 Å². The maximum absolute atomic E-state index is 13.2. The molecule has 0 atom stereocenters. The Labute approximate surface area is 191 Å². The van der Waals surface area contributed by atoms with E-state index in [0.717, 1.165) is 32.5 Å². The topological polar surface area (TPSA) is 90.3 Å². The Morgan fingerprint density at radius 2 is 1.97 bits per heavy atom. The number of rotatable bonds is 8. The molecule has 0 bridgehead atoms. The molecular formula is C21H27N3O4S3. The van der Waals surface area contributed by atoms with Gasteiger partial charge in [0.1, 0.15) is 16.3 Å². The average Bonchev–Trinajstić information content (AvgIpc) is 3.00. The van der Waals surface area contributed by atoms with Crippen molar-refractivity contribution in [3.05, 3.63) is 44.8 Å². The van der Waals surface area contributed by atoms with Crippen LogP contribution < -0.4 is 15.1 Å². The summed E-state index contributed by atoms with van der Waals surface area (Å²) in [6, 6.07) is 4.84. The maximum atomic E-state index is 13.2. The van der Waals surface area contributed by atoms with E-state index in [1.165, 1.54) is 17.7 Å². The number of thioether (sulfide) groups is 1. The number of ether oxygens (including phenoxy) is 1. The summed E-state index contributed by atoms with van der Waals surface area (Å²) >= 11 is 3.17. The number of aryl methyl sites for hydroxylation is 2. The third kappa shape index (κ3) is 4.91. The van der Waals surface area contributed by atoms with Gasteiger partial charge in [-0.05, 0) is 56.6 Å². The Morgan fingerprint density at radius 1 is 1.26 bits per heavy atom. The quantitative estimate of drug-likeness (QED) is 0.473. The van der Waals surface area contributed by atoms with Gasteiger partial charge in [0.05, 0.1) is 11.3 Å². The predicted molar refractivity (Wildman–Crippen MR) is 127 cm³/mol. The molecule has 0 amide bonds. The van der Waals surface area contributed by atoms with Crippen LogP contribution in [0.1, 0.15) is 36.4 Å². The molecule has 1 aromatic rings. The number of anilines is 1. The third-order valence-electron chi connectivity index (χ3n) is 4.90. The molecule has 7 nitrogen and oxygen atoms in total. The fourth-order valence-corrected chi connectivity index (χ4v) is 6.98. The van der Waals surface area contributed by atoms with Crippen LogP contribution in [-0.2, 0) is 10.0 Å². The number of aromatic nitrogens is 2. The molecule has 0 unspecified atom stereocenters. The summed E-state index contributed by atoms with van der Waals surface area (Å²) in [6.45, 7) is 9.95. The highest BCUT2D eigenvalue weighted by molar-refractivity contribution is 8.01. The molecule has 1 aromatic carbocycles. The van der Waals surface area contributed by atoms with Crippen LogP contribution in [0, 0.1) is 26.7 Å². The van der Waals surface area contributed by atoms with Gasteiger partial charge in [-0.1, -0.05) is 19.9 Å². The van der Waals surface area contributed by atoms with Crippen LogP contribution in [0.25, 0.3) is 5.69 Å². The van der Waals surface area contributed by atoms with Gasteiger partial charge in [-0.15, -0.1) is 23.1 Å². The second-order valence-corrected chi connectivity index (χ2v) is 12.0. The van der Waals surface area contributed by atoms with Crippen molar-refractivity contribution in [2.45, 2.75) is 50.1 Å². The largest absolute Gasteiger partial charge is 0.495 e. The van der Waals surface area contributed by atoms with Crippen molar-refractivity contribution >= 4 is 38.9 Å². The zero-order valence-corrected chi connectivity index (χ0v) is 20.9. The molecule has 0 aromatic heterocycles. The SMILES string of the molecule is COc1cc(C)ccc1S(=O)(=O)Nc1nc(=O)n2c(C)c(C)sc(SCCC(C)C)c1-2. The van der Waals surface area contributed by atoms with Crippen LogP contribution >= 0.6 is 23.1 Å². The van der Waals surface area contributed by atoms with Crippen molar-refractivity contribution in [2.75, 3.05) is 17.6 Å². The lowest BCUT2D eigenvalue weighted by atomic mass is 10.2. The molecule has 31 heavy (non-hydrogen) atoms. The summed E-state index contributed by atoms with van der Waals surface area (Å²) in [6.07, 6.45) is 1.01. The average molecular weight is 482 g/mol. The number of fused-ring (bicyclic) bond motifs is 1. The van der Waals surface area contributed by atoms with Crippen LogP contribution in [0.15, 0.2) is 32.1 Å². The Bertz CT molecular complexity index is 1230. The summed E-state index contributed by atoms with van der Waals surface area (Å²) < 4.78 is 36.5. The summed E-state index contributed by atoms with van der Waals surface area (Å²) in [5.41, 5.74) is 1.63. The summed E-state index contributed by atoms with van der Waals surface area (Å²) in [5, 5.41) is 0. The van der Waals surface area contributed by atoms with Gasteiger partial charge in [-0.3, -0.25) is 9.29 Å². The van der Waals surface area contributed by atoms with E-state index in [0.29, 0.717) is 11.6 Å². The van der Waals surface area contributed by atoms with Gasteiger partial charge in [0, 0.05) is 10.6 Å². The van der Waals surface area contributed by atoms with Crippen molar-refractivity contribution in [3.63, 3.8) is 0 Å². The number of methoxy groups -OCH3 is 1. The van der Waals surface area contributed by atoms with Crippen molar-refractivity contribution in [3.8, 4) is 11.4 Å². The number of nitrogens with zero attached hydrogens (tertiary/aromatic N) is 2. The fourth-order valence-electron chi connectivity index (χ4n) is 3.05. The summed E-state index contributed by atoms with van der Waals surface area (Å²) in [7, 11) is -2.60. The standard InChI is InChI=1S/C21H27N3O4S3/c1-12(2)9-10-29-20-18-19(22-21(25)24(18)14(4)15(5)30-20)23-31(26,27)17-8-7-13(3)11-16(17)28-6/h7-8,11-12H,9-10H2,1-6H3,(H,22,23,25). The van der Waals surface area contributed by atoms with Gasteiger partial charge in [-0.2, -0.15) is 4.98 Å². The highest BCUT2D eigenvalue weighted by atomic mass is 32.2. The first-order chi connectivity index (χ1) is 14.5. The third-order valence-corrected chi connectivity index (χ3v) is 8.76. The highest BCUT2D eigenvalue weighted by Gasteiger charge is 2.28. The molecule has 168 valence electrons. The maximum Gasteiger partial charge on any atom is 0.354 e. The minimum atomic E-state index is -4.02. The number of imidazole rings is 1. The highest BCUT2D eigenvalue weighted by Crippen LogP contribution is 2.39. The molecule has 2 heterocycles. The zero-order valence-electron chi connectivity index (χ0n) is 18.5. The first kappa shape index (κ1) is 23.6. The van der Waals surface area contributed by atoms with Crippen LogP contribution in [-0.4, -0.2) is 30.8 Å². The Morgan fingerprint density at radius 3 is 2.61 bits per heavy atom. The summed E-state index contributed by atoms with van der Waals surface area (Å²) in [5.74, 6) is 1.69. The lowest BCUT2D eigenvalue weighted by Crippen LogP contribution is -2.17. The number of nitrogens with one attached hydrogen (secondary N) is 1. The minimum Gasteiger partial charge on any atom is -0.495 e. The van der Waals surface area contributed by atoms with E-state index < -0.39 is 15.7 Å². The number of hydrogen-bond donors (Lipinski definition) is 1. The van der Waals surface area contributed by atoms with E-state index in [-0.39, 0.29) is 16.5 Å². The van der Waals surface area contributed by atoms with Crippen molar-refractivity contribution < 1.29 is 13.2 Å². The van der Waals surface area contributed by atoms with E-state index in [9.17, 15) is 13.2 Å². The molecule has 0 fully saturated rings. The fraction of sp³-hybridized carbons (Fsp3) is 0.429. The van der Waals surface area contributed by atoms with E-state index in [4.69, 9.17) is 4.74 Å². The number of benzene rings is 1. The molecule has 0 saturated carbocycles. The minimum absolute atomic E-state index is 0.00397. The van der Waals surface area contributed by atoms with Gasteiger partial charge in [0.15, 0.2) is 5.82 Å². The van der Waals surface area contributed by atoms with E-state index >= 15 is 0 Å². The van der Waals surface area contributed by atoms with E-state index in [1.54, 1.807) is 35.2 Å². The zero-order chi connectivity index (χ0) is 22.9. The smallest absolute Gasteiger partial charge is 0.354 e. The van der Waals surface area contributed by atoms with Crippen molar-refractivity contribution in [1.82, 2.24) is 9.55 Å². The number of hydrogen-bond acceptors (Lipinski definition) is 7. The first-order valence-electron chi connectivity index (χ1n) is 9.88. The first-order valence-corrected chi connectivity index (χ1v) is 13.2. The van der Waals surface area contributed by atoms with Gasteiger partial charge >= 0.3 is 5.69 Å². The van der Waals surface area contributed by atoms with Crippen molar-refractivity contribution in [1.29, 1.82) is 0 Å². The Kier molecular flexibility index (Phi) is 7.02. The second kappa shape index (κ2) is 9.22. The molecule has 0 radical (unpaired) electrons. The van der Waals surface area contributed by atoms with Crippen LogP contribution in [0.5, 0.6) is 5.75 Å². The molecule has 3 rings (SSSR count). The van der Waals surface area contributed by atoms with Gasteiger partial charge in [0.25, 0.3) is 10.0 Å². The molecular weight excluding hydrogens is 454 g/mol. The van der Waals surface area contributed by atoms with Crippen LogP contribution in [0.2, 0.25) is 0 Å². The Hall–Kier alpha value is -2.04. The molecule has 0 saturated heterocycles. The lowest BCUT2D eigenvalue weighted by molar-refractivity contribution is 0.402. The second-order valence-electron chi connectivity index (χ2n) is 7.75. The normalized spacial score (nSPS) is 12.0. The van der Waals surface area contributed by atoms with Gasteiger partial charge in [-0.25, -0.2) is 13.2 Å². The lowest BCUT2D eigenvalue weighted by Gasteiger charge is -2.16. The monoisotopic (exact) mass is 481 g/mol. The predicted octanol–water partition coefficient (Wildman–Crippen LogP) is 4.60. The number of sulfonamides is 1. The van der Waals surface area contributed by atoms with Crippen LogP contribution in [0.3, 0.4) is 0 Å². The van der Waals surface area contributed by atoms with E-state index in [2.05, 4.69) is 23.6 Å². The van der Waals surface area contributed by atoms with Gasteiger partial charge in [0.2, 0.25) is 0 Å². The summed E-state index contributed by atoms with van der Waals surface area (Å²) in [4.78, 5) is 17.7. The van der Waals surface area contributed by atoms with E-state index in [1.807, 2.05) is 20.8 Å². The van der Waals surface area contributed by atoms with Crippen LogP contribution in [0.4, 0.5) is 5.82 Å².